The Hall–Kier alpha value is -2.98. The Morgan fingerprint density at radius 3 is 2.19 bits per heavy atom. The molecule has 1 N–H and O–H groups in total. The number of amides is 1. The van der Waals surface area contributed by atoms with Crippen LogP contribution < -0.4 is 10.2 Å². The van der Waals surface area contributed by atoms with Crippen molar-refractivity contribution < 1.29 is 45.1 Å². The molecule has 0 bridgehead atoms. The molecule has 3 aliphatic rings. The number of hydrogen-bond donors (Lipinski definition) is 1. The number of alkyl halides is 6. The number of morpholine rings is 1. The third-order valence-electron chi connectivity index (χ3n) is 11.9. The molecule has 2 aromatic carbocycles. The van der Waals surface area contributed by atoms with Gasteiger partial charge in [0.1, 0.15) is 6.29 Å². The molecule has 0 aliphatic carbocycles. The van der Waals surface area contributed by atoms with Gasteiger partial charge in [-0.15, -0.1) is 0 Å². The minimum absolute atomic E-state index is 0.00734. The van der Waals surface area contributed by atoms with Crippen molar-refractivity contribution in [3.8, 4) is 0 Å². The van der Waals surface area contributed by atoms with Crippen molar-refractivity contribution in [1.29, 1.82) is 0 Å². The zero-order valence-corrected chi connectivity index (χ0v) is 32.8. The van der Waals surface area contributed by atoms with Crippen LogP contribution in [0.15, 0.2) is 36.4 Å². The van der Waals surface area contributed by atoms with Crippen molar-refractivity contribution in [2.24, 2.45) is 0 Å². The van der Waals surface area contributed by atoms with Crippen molar-refractivity contribution in [2.75, 3.05) is 64.5 Å². The molecule has 8 nitrogen and oxygen atoms in total. The number of nitrogens with one attached hydrogen (secondary N) is 1. The van der Waals surface area contributed by atoms with Crippen LogP contribution in [0.2, 0.25) is 18.1 Å². The number of nitrogens with zero attached hydrogens (tertiary/aromatic N) is 3. The number of rotatable bonds is 9. The van der Waals surface area contributed by atoms with E-state index in [1.54, 1.807) is 6.07 Å². The Labute approximate surface area is 309 Å². The van der Waals surface area contributed by atoms with E-state index < -0.39 is 60.6 Å². The Morgan fingerprint density at radius 1 is 0.981 bits per heavy atom. The smallest absolute Gasteiger partial charge is 0.415 e. The summed E-state index contributed by atoms with van der Waals surface area (Å²) in [5, 5.41) is 3.32. The van der Waals surface area contributed by atoms with E-state index in [9.17, 15) is 35.9 Å². The summed E-state index contributed by atoms with van der Waals surface area (Å²) >= 11 is 0. The van der Waals surface area contributed by atoms with Crippen LogP contribution in [-0.2, 0) is 31.7 Å². The Kier molecular flexibility index (Phi) is 11.6. The molecule has 0 saturated carbocycles. The summed E-state index contributed by atoms with van der Waals surface area (Å²) in [4.78, 5) is 33.1. The van der Waals surface area contributed by atoms with Gasteiger partial charge in [-0.1, -0.05) is 32.9 Å². The van der Waals surface area contributed by atoms with Gasteiger partial charge in [0.05, 0.1) is 54.5 Å². The molecule has 3 aliphatic heterocycles. The Morgan fingerprint density at radius 2 is 1.60 bits per heavy atom. The van der Waals surface area contributed by atoms with Crippen LogP contribution in [0.25, 0.3) is 0 Å². The van der Waals surface area contributed by atoms with Crippen molar-refractivity contribution in [3.05, 3.63) is 64.2 Å². The van der Waals surface area contributed by atoms with E-state index in [0.29, 0.717) is 57.2 Å². The number of piperazine rings is 1. The average Bonchev–Trinajstić information content (AvgIpc) is 3.57. The molecule has 3 fully saturated rings. The molecule has 2 unspecified atom stereocenters. The Balaban J connectivity index is 1.52. The largest absolute Gasteiger partial charge is 0.416 e. The first-order chi connectivity index (χ1) is 24.5. The van der Waals surface area contributed by atoms with Crippen LogP contribution in [0.4, 0.5) is 32.0 Å². The molecule has 53 heavy (non-hydrogen) atoms. The van der Waals surface area contributed by atoms with Gasteiger partial charge < -0.3 is 24.3 Å². The monoisotopic (exact) mass is 770 g/mol. The second-order valence-corrected chi connectivity index (χ2v) is 21.5. The highest BCUT2D eigenvalue weighted by atomic mass is 28.4. The summed E-state index contributed by atoms with van der Waals surface area (Å²) in [7, 11) is -0.620. The molecule has 0 spiro atoms. The number of ether oxygens (including phenoxy) is 1. The quantitative estimate of drug-likeness (QED) is 0.168. The van der Waals surface area contributed by atoms with E-state index >= 15 is 0 Å². The maximum atomic E-state index is 14.3. The molecule has 0 radical (unpaired) electrons. The van der Waals surface area contributed by atoms with Gasteiger partial charge in [-0.05, 0) is 67.4 Å². The average molecular weight is 771 g/mol. The van der Waals surface area contributed by atoms with Crippen LogP contribution >= 0.6 is 0 Å². The van der Waals surface area contributed by atoms with E-state index in [0.717, 1.165) is 30.6 Å². The van der Waals surface area contributed by atoms with Gasteiger partial charge in [0, 0.05) is 56.9 Å². The van der Waals surface area contributed by atoms with Gasteiger partial charge in [0.25, 0.3) is 0 Å². The van der Waals surface area contributed by atoms with E-state index in [-0.39, 0.29) is 23.2 Å². The fraction of sp³-hybridized carbons (Fsp3) is 0.632. The van der Waals surface area contributed by atoms with Crippen LogP contribution in [0.1, 0.15) is 73.1 Å². The molecule has 4 atom stereocenters. The van der Waals surface area contributed by atoms with Crippen molar-refractivity contribution in [1.82, 2.24) is 15.1 Å². The maximum Gasteiger partial charge on any atom is 0.416 e. The lowest BCUT2D eigenvalue weighted by Crippen LogP contribution is -2.64. The molecule has 5 rings (SSSR count). The Bertz CT molecular complexity index is 1630. The lowest BCUT2D eigenvalue weighted by Gasteiger charge is -2.50. The zero-order valence-electron chi connectivity index (χ0n) is 31.8. The lowest BCUT2D eigenvalue weighted by atomic mass is 9.80. The lowest BCUT2D eigenvalue weighted by molar-refractivity contribution is -0.144. The second-order valence-electron chi connectivity index (χ2n) is 16.7. The molecular weight excluding hydrogens is 719 g/mol. The third kappa shape index (κ3) is 8.48. The van der Waals surface area contributed by atoms with Gasteiger partial charge in [0.15, 0.2) is 8.32 Å². The minimum Gasteiger partial charge on any atom is -0.415 e. The first-order valence-corrected chi connectivity index (χ1v) is 21.0. The molecule has 3 heterocycles. The number of hydrogen-bond acceptors (Lipinski definition) is 7. The first-order valence-electron chi connectivity index (χ1n) is 18.1. The SMILES string of the molecule is CN(C(=O)C(C)(C)c1cc(C(F)(F)F)cc(C(F)(F)F)c1)C1CNCC1c1c(C=O)cccc1N1C[C@H]2COCCN2C[C@H]1CO[Si](C)(C)C(C)(C)C. The van der Waals surface area contributed by atoms with Gasteiger partial charge in [-0.25, -0.2) is 0 Å². The second kappa shape index (κ2) is 14.9. The van der Waals surface area contributed by atoms with Crippen LogP contribution in [-0.4, -0.2) is 108 Å². The first kappa shape index (κ1) is 41.2. The van der Waals surface area contributed by atoms with Gasteiger partial charge in [-0.2, -0.15) is 26.3 Å². The molecule has 0 aromatic heterocycles. The van der Waals surface area contributed by atoms with Gasteiger partial charge in [0.2, 0.25) is 5.91 Å². The number of carbonyl (C=O) groups is 2. The highest BCUT2D eigenvalue weighted by Gasteiger charge is 2.46. The van der Waals surface area contributed by atoms with E-state index in [1.165, 1.54) is 25.8 Å². The zero-order chi connectivity index (χ0) is 39.3. The van der Waals surface area contributed by atoms with Crippen molar-refractivity contribution >= 4 is 26.2 Å². The summed E-state index contributed by atoms with van der Waals surface area (Å²) in [6, 6.07) is 6.31. The number of anilines is 1. The minimum atomic E-state index is -5.06. The number of carbonyl (C=O) groups excluding carboxylic acids is 2. The predicted octanol–water partition coefficient (Wildman–Crippen LogP) is 6.94. The molecule has 3 saturated heterocycles. The van der Waals surface area contributed by atoms with Crippen LogP contribution in [0, 0.1) is 0 Å². The summed E-state index contributed by atoms with van der Waals surface area (Å²) in [5.41, 5.74) is -3.12. The number of fused-ring (bicyclic) bond motifs is 1. The molecule has 15 heteroatoms. The summed E-state index contributed by atoms with van der Waals surface area (Å²) in [5.74, 6) is -1.08. The highest BCUT2D eigenvalue weighted by molar-refractivity contribution is 6.74. The summed E-state index contributed by atoms with van der Waals surface area (Å²) < 4.78 is 95.4. The standard InChI is InChI=1S/C38H52F6N4O4Si/c1-35(2,3)53(7,8)52-23-29-19-47-12-13-51-22-28(47)20-48(29)31-11-9-10-24(21-49)33(31)30-17-45-18-32(30)46(6)34(50)36(4,5)25-14-26(37(39,40)41)16-27(15-25)38(42,43)44/h9-11,14-16,21,28-30,32,45H,12-13,17-20,22-23H2,1-8H3/t28-,29-,30?,32?/m0/s1. The van der Waals surface area contributed by atoms with E-state index in [2.05, 4.69) is 49.0 Å². The van der Waals surface area contributed by atoms with Crippen LogP contribution in [0.5, 0.6) is 0 Å². The fourth-order valence-electron chi connectivity index (χ4n) is 7.53. The number of likely N-dealkylation sites (N-methyl/N-ethyl adjacent to an activating group) is 1. The molecule has 1 amide bonds. The van der Waals surface area contributed by atoms with Crippen molar-refractivity contribution in [3.63, 3.8) is 0 Å². The number of halogens is 6. The van der Waals surface area contributed by atoms with Gasteiger partial charge in [-0.3, -0.25) is 14.5 Å². The van der Waals surface area contributed by atoms with Crippen molar-refractivity contribution in [2.45, 2.75) is 94.6 Å². The normalized spacial score (nSPS) is 23.5. The molecular formula is C38H52F6N4O4Si. The fourth-order valence-corrected chi connectivity index (χ4v) is 8.57. The molecule has 2 aromatic rings. The van der Waals surface area contributed by atoms with E-state index in [1.807, 2.05) is 12.1 Å². The number of benzene rings is 2. The number of aldehydes is 1. The predicted molar refractivity (Wildman–Crippen MR) is 194 cm³/mol. The topological polar surface area (TPSA) is 74.4 Å². The summed E-state index contributed by atoms with van der Waals surface area (Å²) in [6.07, 6.45) is -9.32. The summed E-state index contributed by atoms with van der Waals surface area (Å²) in [6.45, 7) is 18.2. The highest BCUT2D eigenvalue weighted by Crippen LogP contribution is 2.43. The maximum absolute atomic E-state index is 14.3. The third-order valence-corrected chi connectivity index (χ3v) is 16.4. The van der Waals surface area contributed by atoms with Crippen LogP contribution in [0.3, 0.4) is 0 Å². The molecule has 294 valence electrons. The van der Waals surface area contributed by atoms with E-state index in [4.69, 9.17) is 9.16 Å². The van der Waals surface area contributed by atoms with Gasteiger partial charge >= 0.3 is 12.4 Å².